The number of sulfonamides is 1. The summed E-state index contributed by atoms with van der Waals surface area (Å²) >= 11 is 0.567. The fourth-order valence-electron chi connectivity index (χ4n) is 1.55. The summed E-state index contributed by atoms with van der Waals surface area (Å²) in [7, 11) is -3.91. The molecule has 0 aliphatic carbocycles. The molecule has 0 amide bonds. The van der Waals surface area contributed by atoms with Crippen LogP contribution in [0.4, 0.5) is 14.5 Å². The van der Waals surface area contributed by atoms with E-state index in [1.54, 1.807) is 0 Å². The first kappa shape index (κ1) is 15.4. The van der Waals surface area contributed by atoms with E-state index in [4.69, 9.17) is 0 Å². The summed E-state index contributed by atoms with van der Waals surface area (Å²) in [5.41, 5.74) is 0.395. The maximum absolute atomic E-state index is 12.1. The molecule has 0 aliphatic rings. The Morgan fingerprint density at radius 2 is 1.90 bits per heavy atom. The molecule has 0 bridgehead atoms. The second-order valence-corrected chi connectivity index (χ2v) is 6.80. The molecule has 1 aromatic carbocycles. The molecule has 10 heteroatoms. The molecule has 6 nitrogen and oxygen atoms in total. The van der Waals surface area contributed by atoms with Gasteiger partial charge in [-0.1, -0.05) is 11.3 Å². The SMILES string of the molecule is Cc1[nH]c(=O)sc1S(=O)(=O)Nc1ccc(OC(F)F)cc1. The maximum Gasteiger partial charge on any atom is 0.387 e. The summed E-state index contributed by atoms with van der Waals surface area (Å²) in [6.07, 6.45) is 0. The summed E-state index contributed by atoms with van der Waals surface area (Å²) in [6, 6.07) is 4.97. The number of hydrogen-bond acceptors (Lipinski definition) is 5. The molecule has 0 fully saturated rings. The first-order chi connectivity index (χ1) is 9.78. The second-order valence-electron chi connectivity index (χ2n) is 3.94. The van der Waals surface area contributed by atoms with Crippen LogP contribution in [0.25, 0.3) is 0 Å². The molecule has 0 atom stereocenters. The monoisotopic (exact) mass is 336 g/mol. The van der Waals surface area contributed by atoms with Crippen molar-refractivity contribution >= 4 is 27.0 Å². The summed E-state index contributed by atoms with van der Waals surface area (Å²) in [4.78, 5) is 13.0. The van der Waals surface area contributed by atoms with Crippen LogP contribution < -0.4 is 14.3 Å². The first-order valence-corrected chi connectivity index (χ1v) is 7.85. The van der Waals surface area contributed by atoms with Gasteiger partial charge in [0.15, 0.2) is 4.21 Å². The third-order valence-corrected chi connectivity index (χ3v) is 5.34. The van der Waals surface area contributed by atoms with Crippen molar-refractivity contribution in [2.75, 3.05) is 4.72 Å². The van der Waals surface area contributed by atoms with E-state index < -0.39 is 21.5 Å². The number of halogens is 2. The standard InChI is InChI=1S/C11H10F2N2O4S2/c1-6-9(20-11(16)14-6)21(17,18)15-7-2-4-8(5-3-7)19-10(12)13/h2-5,10,15H,1H3,(H,14,16). The lowest BCUT2D eigenvalue weighted by molar-refractivity contribution is -0.0498. The van der Waals surface area contributed by atoms with Gasteiger partial charge in [0, 0.05) is 11.4 Å². The predicted molar refractivity (Wildman–Crippen MR) is 73.6 cm³/mol. The Kier molecular flexibility index (Phi) is 4.28. The van der Waals surface area contributed by atoms with Crippen LogP contribution in [0, 0.1) is 6.92 Å². The molecule has 0 spiro atoms. The molecule has 2 N–H and O–H groups in total. The van der Waals surface area contributed by atoms with Crippen molar-refractivity contribution in [2.24, 2.45) is 0 Å². The number of nitrogens with one attached hydrogen (secondary N) is 2. The molecule has 114 valence electrons. The van der Waals surface area contributed by atoms with Crippen molar-refractivity contribution in [1.29, 1.82) is 0 Å². The highest BCUT2D eigenvalue weighted by molar-refractivity contribution is 7.94. The minimum absolute atomic E-state index is 0.0876. The van der Waals surface area contributed by atoms with Crippen LogP contribution in [0.2, 0.25) is 0 Å². The zero-order valence-electron chi connectivity index (χ0n) is 10.6. The third kappa shape index (κ3) is 3.79. The highest BCUT2D eigenvalue weighted by Gasteiger charge is 2.20. The van der Waals surface area contributed by atoms with Gasteiger partial charge in [-0.3, -0.25) is 9.52 Å². The first-order valence-electron chi connectivity index (χ1n) is 5.55. The number of ether oxygens (including phenoxy) is 1. The Hall–Kier alpha value is -1.94. The molecule has 1 aromatic heterocycles. The number of benzene rings is 1. The predicted octanol–water partition coefficient (Wildman–Crippen LogP) is 2.15. The quantitative estimate of drug-likeness (QED) is 0.876. The van der Waals surface area contributed by atoms with Crippen molar-refractivity contribution in [2.45, 2.75) is 17.7 Å². The van der Waals surface area contributed by atoms with Crippen molar-refractivity contribution in [3.8, 4) is 5.75 Å². The van der Waals surface area contributed by atoms with Gasteiger partial charge < -0.3 is 9.72 Å². The zero-order chi connectivity index (χ0) is 15.6. The molecule has 2 rings (SSSR count). The molecule has 0 radical (unpaired) electrons. The minimum atomic E-state index is -3.91. The van der Waals surface area contributed by atoms with Crippen LogP contribution in [0.5, 0.6) is 5.75 Å². The van der Waals surface area contributed by atoms with Gasteiger partial charge in [0.25, 0.3) is 10.0 Å². The van der Waals surface area contributed by atoms with E-state index >= 15 is 0 Å². The number of aromatic amines is 1. The third-order valence-electron chi connectivity index (χ3n) is 2.36. The molecular weight excluding hydrogens is 326 g/mol. The average Bonchev–Trinajstić information content (AvgIpc) is 2.71. The second kappa shape index (κ2) is 5.82. The van der Waals surface area contributed by atoms with E-state index in [0.29, 0.717) is 11.3 Å². The topological polar surface area (TPSA) is 88.3 Å². The van der Waals surface area contributed by atoms with E-state index in [1.165, 1.54) is 31.2 Å². The Morgan fingerprint density at radius 1 is 1.29 bits per heavy atom. The Morgan fingerprint density at radius 3 is 2.38 bits per heavy atom. The van der Waals surface area contributed by atoms with E-state index in [0.717, 1.165) is 0 Å². The minimum Gasteiger partial charge on any atom is -0.435 e. The van der Waals surface area contributed by atoms with Crippen molar-refractivity contribution in [3.63, 3.8) is 0 Å². The molecule has 0 saturated carbocycles. The van der Waals surface area contributed by atoms with Crippen molar-refractivity contribution < 1.29 is 21.9 Å². The zero-order valence-corrected chi connectivity index (χ0v) is 12.2. The molecule has 2 aromatic rings. The highest BCUT2D eigenvalue weighted by atomic mass is 32.2. The van der Waals surface area contributed by atoms with E-state index in [2.05, 4.69) is 14.4 Å². The number of aromatic nitrogens is 1. The number of hydrogen-bond donors (Lipinski definition) is 2. The van der Waals surface area contributed by atoms with Crippen LogP contribution in [0.15, 0.2) is 33.3 Å². The van der Waals surface area contributed by atoms with Crippen LogP contribution >= 0.6 is 11.3 Å². The average molecular weight is 336 g/mol. The summed E-state index contributed by atoms with van der Waals surface area (Å²) in [6.45, 7) is -1.49. The number of thiazole rings is 1. The van der Waals surface area contributed by atoms with Gasteiger partial charge in [0.05, 0.1) is 0 Å². The lowest BCUT2D eigenvalue weighted by atomic mass is 10.3. The molecule has 0 saturated heterocycles. The fraction of sp³-hybridized carbons (Fsp3) is 0.182. The van der Waals surface area contributed by atoms with E-state index in [-0.39, 0.29) is 21.3 Å². The lowest BCUT2D eigenvalue weighted by Crippen LogP contribution is -2.12. The smallest absolute Gasteiger partial charge is 0.387 e. The van der Waals surface area contributed by atoms with Crippen LogP contribution in [-0.4, -0.2) is 20.0 Å². The van der Waals surface area contributed by atoms with Crippen molar-refractivity contribution in [1.82, 2.24) is 4.98 Å². The number of rotatable bonds is 5. The van der Waals surface area contributed by atoms with Gasteiger partial charge in [-0.25, -0.2) is 8.42 Å². The molecule has 1 heterocycles. The number of H-pyrrole nitrogens is 1. The molecule has 0 unspecified atom stereocenters. The highest BCUT2D eigenvalue weighted by Crippen LogP contribution is 2.22. The maximum atomic E-state index is 12.1. The number of aryl methyl sites for hydroxylation is 1. The Bertz CT molecular complexity index is 781. The summed E-state index contributed by atoms with van der Waals surface area (Å²) in [5.74, 6) is -0.0876. The van der Waals surface area contributed by atoms with Crippen LogP contribution in [0.3, 0.4) is 0 Å². The summed E-state index contributed by atoms with van der Waals surface area (Å²) < 4.78 is 54.4. The van der Waals surface area contributed by atoms with Gasteiger partial charge in [-0.2, -0.15) is 8.78 Å². The largest absolute Gasteiger partial charge is 0.435 e. The fourth-order valence-corrected chi connectivity index (χ4v) is 3.91. The van der Waals surface area contributed by atoms with E-state index in [9.17, 15) is 22.0 Å². The Labute approximate surface area is 122 Å². The number of anilines is 1. The van der Waals surface area contributed by atoms with Gasteiger partial charge in [-0.05, 0) is 31.2 Å². The van der Waals surface area contributed by atoms with Gasteiger partial charge in [0.2, 0.25) is 0 Å². The van der Waals surface area contributed by atoms with Gasteiger partial charge in [-0.15, -0.1) is 0 Å². The van der Waals surface area contributed by atoms with Crippen LogP contribution in [-0.2, 0) is 10.0 Å². The molecular formula is C11H10F2N2O4S2. The molecule has 0 aliphatic heterocycles. The number of alkyl halides is 2. The van der Waals surface area contributed by atoms with Gasteiger partial charge in [0.1, 0.15) is 5.75 Å². The molecule has 21 heavy (non-hydrogen) atoms. The summed E-state index contributed by atoms with van der Waals surface area (Å²) in [5, 5.41) is 0. The lowest BCUT2D eigenvalue weighted by Gasteiger charge is -2.08. The van der Waals surface area contributed by atoms with E-state index in [1.807, 2.05) is 0 Å². The van der Waals surface area contributed by atoms with Crippen LogP contribution in [0.1, 0.15) is 5.69 Å². The van der Waals surface area contributed by atoms with Crippen molar-refractivity contribution in [3.05, 3.63) is 39.6 Å². The normalized spacial score (nSPS) is 11.6. The Balaban J connectivity index is 2.21. The van der Waals surface area contributed by atoms with Gasteiger partial charge >= 0.3 is 11.5 Å².